The molecule has 6 heteroatoms. The van der Waals surface area contributed by atoms with Crippen LogP contribution in [0.15, 0.2) is 30.9 Å². The van der Waals surface area contributed by atoms with Crippen molar-refractivity contribution in [2.45, 2.75) is 25.9 Å². The molecule has 3 unspecified atom stereocenters. The van der Waals surface area contributed by atoms with Gasteiger partial charge in [0.15, 0.2) is 0 Å². The summed E-state index contributed by atoms with van der Waals surface area (Å²) >= 11 is 0. The van der Waals surface area contributed by atoms with Crippen molar-refractivity contribution in [2.24, 2.45) is 23.7 Å². The van der Waals surface area contributed by atoms with Crippen molar-refractivity contribution in [3.63, 3.8) is 0 Å². The maximum Gasteiger partial charge on any atom is 0.307 e. The van der Waals surface area contributed by atoms with Gasteiger partial charge in [-0.3, -0.25) is 9.59 Å². The average molecular weight is 289 g/mol. The number of allylic oxidation sites excluding steroid dienone is 2. The van der Waals surface area contributed by atoms with Crippen LogP contribution in [0.5, 0.6) is 0 Å². The van der Waals surface area contributed by atoms with Gasteiger partial charge in [-0.1, -0.05) is 12.2 Å². The Bertz CT molecular complexity index is 567. The lowest BCUT2D eigenvalue weighted by Gasteiger charge is -2.25. The summed E-state index contributed by atoms with van der Waals surface area (Å²) in [7, 11) is 0. The van der Waals surface area contributed by atoms with E-state index in [0.717, 1.165) is 6.42 Å². The fraction of sp³-hybridized carbons (Fsp3) is 0.533. The Morgan fingerprint density at radius 3 is 2.71 bits per heavy atom. The Morgan fingerprint density at radius 1 is 1.38 bits per heavy atom. The zero-order chi connectivity index (χ0) is 15.0. The molecule has 1 saturated carbocycles. The quantitative estimate of drug-likeness (QED) is 0.789. The number of amides is 1. The van der Waals surface area contributed by atoms with E-state index in [-0.39, 0.29) is 23.8 Å². The molecule has 21 heavy (non-hydrogen) atoms. The highest BCUT2D eigenvalue weighted by molar-refractivity contribution is 5.87. The number of rotatable bonds is 5. The van der Waals surface area contributed by atoms with Crippen LogP contribution in [0.1, 0.15) is 13.3 Å². The predicted octanol–water partition coefficient (Wildman–Crippen LogP) is 0.911. The number of hydrogen-bond donors (Lipinski definition) is 2. The van der Waals surface area contributed by atoms with Gasteiger partial charge in [0.05, 0.1) is 18.2 Å². The Labute approximate surface area is 122 Å². The standard InChI is InChI=1S/C15H19N3O3/c1-9(7-18-5-4-16-8-18)17-14(19)12-10-2-3-11(6-10)13(12)15(20)21/h2-5,8-13H,6-7H2,1H3,(H,17,19)(H,20,21)/t9?,10?,11?,12-,13+/m0/s1. The van der Waals surface area contributed by atoms with Crippen LogP contribution in [0.4, 0.5) is 0 Å². The normalized spacial score (nSPS) is 31.3. The molecular formula is C15H19N3O3. The second-order valence-corrected chi connectivity index (χ2v) is 6.01. The predicted molar refractivity (Wildman–Crippen MR) is 75.2 cm³/mol. The third-order valence-corrected chi connectivity index (χ3v) is 4.48. The smallest absolute Gasteiger partial charge is 0.307 e. The summed E-state index contributed by atoms with van der Waals surface area (Å²) in [5.74, 6) is -1.96. The van der Waals surface area contributed by atoms with Gasteiger partial charge in [-0.2, -0.15) is 0 Å². The van der Waals surface area contributed by atoms with Gasteiger partial charge in [0, 0.05) is 25.0 Å². The Morgan fingerprint density at radius 2 is 2.10 bits per heavy atom. The third-order valence-electron chi connectivity index (χ3n) is 4.48. The van der Waals surface area contributed by atoms with E-state index in [4.69, 9.17) is 0 Å². The molecular weight excluding hydrogens is 270 g/mol. The molecule has 3 rings (SSSR count). The number of aromatic nitrogens is 2. The lowest BCUT2D eigenvalue weighted by atomic mass is 9.82. The second-order valence-electron chi connectivity index (χ2n) is 6.01. The summed E-state index contributed by atoms with van der Waals surface area (Å²) in [6, 6.07) is -0.0655. The van der Waals surface area contributed by atoms with Gasteiger partial charge >= 0.3 is 5.97 Å². The molecule has 0 spiro atoms. The zero-order valence-electron chi connectivity index (χ0n) is 11.8. The SMILES string of the molecule is CC(Cn1ccnc1)NC(=O)[C@H]1C2C=CC(C2)[C@H]1C(=O)O. The Kier molecular flexibility index (Phi) is 3.53. The van der Waals surface area contributed by atoms with Crippen LogP contribution < -0.4 is 5.32 Å². The largest absolute Gasteiger partial charge is 0.481 e. The lowest BCUT2D eigenvalue weighted by molar-refractivity contribution is -0.148. The molecule has 2 bridgehead atoms. The van der Waals surface area contributed by atoms with Crippen molar-refractivity contribution in [1.29, 1.82) is 0 Å². The van der Waals surface area contributed by atoms with Crippen LogP contribution in [0.25, 0.3) is 0 Å². The van der Waals surface area contributed by atoms with Gasteiger partial charge < -0.3 is 15.0 Å². The van der Waals surface area contributed by atoms with Crippen LogP contribution in [-0.4, -0.2) is 32.6 Å². The highest BCUT2D eigenvalue weighted by Crippen LogP contribution is 2.48. The topological polar surface area (TPSA) is 84.2 Å². The fourth-order valence-corrected chi connectivity index (χ4v) is 3.61. The van der Waals surface area contributed by atoms with Crippen molar-refractivity contribution in [1.82, 2.24) is 14.9 Å². The monoisotopic (exact) mass is 289 g/mol. The molecule has 2 aliphatic carbocycles. The van der Waals surface area contributed by atoms with Crippen LogP contribution >= 0.6 is 0 Å². The minimum absolute atomic E-state index is 0.00667. The number of hydrogen-bond acceptors (Lipinski definition) is 3. The minimum atomic E-state index is -0.866. The zero-order valence-corrected chi connectivity index (χ0v) is 11.8. The van der Waals surface area contributed by atoms with Gasteiger partial charge in [-0.05, 0) is 25.2 Å². The third kappa shape index (κ3) is 2.57. The highest BCUT2D eigenvalue weighted by atomic mass is 16.4. The molecule has 1 aromatic heterocycles. The number of fused-ring (bicyclic) bond motifs is 2. The molecule has 0 saturated heterocycles. The number of aliphatic carboxylic acids is 1. The second kappa shape index (κ2) is 5.35. The number of carbonyl (C=O) groups excluding carboxylic acids is 1. The summed E-state index contributed by atoms with van der Waals surface area (Å²) < 4.78 is 1.89. The van der Waals surface area contributed by atoms with Gasteiger partial charge in [-0.25, -0.2) is 4.98 Å². The van der Waals surface area contributed by atoms with E-state index in [0.29, 0.717) is 6.54 Å². The molecule has 112 valence electrons. The molecule has 1 fully saturated rings. The average Bonchev–Trinajstić information content (AvgIpc) is 3.13. The molecule has 2 aliphatic rings. The number of imidazole rings is 1. The van der Waals surface area contributed by atoms with E-state index in [2.05, 4.69) is 10.3 Å². The molecule has 1 amide bonds. The van der Waals surface area contributed by atoms with Crippen LogP contribution in [0.2, 0.25) is 0 Å². The van der Waals surface area contributed by atoms with E-state index >= 15 is 0 Å². The first-order valence-electron chi connectivity index (χ1n) is 7.23. The van der Waals surface area contributed by atoms with Crippen molar-refractivity contribution in [3.8, 4) is 0 Å². The summed E-state index contributed by atoms with van der Waals surface area (Å²) in [5.41, 5.74) is 0. The summed E-state index contributed by atoms with van der Waals surface area (Å²) in [6.45, 7) is 2.54. The number of carbonyl (C=O) groups is 2. The molecule has 0 aromatic carbocycles. The molecule has 1 aromatic rings. The van der Waals surface area contributed by atoms with E-state index < -0.39 is 17.8 Å². The summed E-state index contributed by atoms with van der Waals surface area (Å²) in [5, 5.41) is 12.3. The first-order chi connectivity index (χ1) is 10.1. The maximum absolute atomic E-state index is 12.5. The van der Waals surface area contributed by atoms with Crippen molar-refractivity contribution in [2.75, 3.05) is 0 Å². The fourth-order valence-electron chi connectivity index (χ4n) is 3.61. The number of nitrogens with one attached hydrogen (secondary N) is 1. The van der Waals surface area contributed by atoms with Gasteiger partial charge in [0.2, 0.25) is 5.91 Å². The first kappa shape index (κ1) is 13.9. The summed E-state index contributed by atoms with van der Waals surface area (Å²) in [4.78, 5) is 27.8. The Hall–Kier alpha value is -2.11. The van der Waals surface area contributed by atoms with E-state index in [9.17, 15) is 14.7 Å². The van der Waals surface area contributed by atoms with E-state index in [1.54, 1.807) is 12.5 Å². The number of carboxylic acid groups (broad SMARTS) is 1. The van der Waals surface area contributed by atoms with Gasteiger partial charge in [0.1, 0.15) is 0 Å². The summed E-state index contributed by atoms with van der Waals surface area (Å²) in [6.07, 6.45) is 9.95. The number of carboxylic acids is 1. The molecule has 2 N–H and O–H groups in total. The molecule has 6 nitrogen and oxygen atoms in total. The van der Waals surface area contributed by atoms with Gasteiger partial charge in [0.25, 0.3) is 0 Å². The Balaban J connectivity index is 1.64. The van der Waals surface area contributed by atoms with Crippen LogP contribution in [-0.2, 0) is 16.1 Å². The van der Waals surface area contributed by atoms with Crippen molar-refractivity contribution in [3.05, 3.63) is 30.9 Å². The molecule has 0 radical (unpaired) electrons. The van der Waals surface area contributed by atoms with Crippen LogP contribution in [0.3, 0.4) is 0 Å². The van der Waals surface area contributed by atoms with E-state index in [1.807, 2.05) is 29.8 Å². The van der Waals surface area contributed by atoms with Crippen LogP contribution in [0, 0.1) is 23.7 Å². The lowest BCUT2D eigenvalue weighted by Crippen LogP contribution is -2.44. The van der Waals surface area contributed by atoms with Gasteiger partial charge in [-0.15, -0.1) is 0 Å². The highest BCUT2D eigenvalue weighted by Gasteiger charge is 2.51. The first-order valence-corrected chi connectivity index (χ1v) is 7.23. The minimum Gasteiger partial charge on any atom is -0.481 e. The van der Waals surface area contributed by atoms with Crippen molar-refractivity contribution < 1.29 is 14.7 Å². The number of nitrogens with zero attached hydrogens (tertiary/aromatic N) is 2. The maximum atomic E-state index is 12.5. The van der Waals surface area contributed by atoms with Crippen molar-refractivity contribution >= 4 is 11.9 Å². The molecule has 1 heterocycles. The molecule has 5 atom stereocenters. The molecule has 0 aliphatic heterocycles. The van der Waals surface area contributed by atoms with E-state index in [1.165, 1.54) is 0 Å².